The minimum Gasteiger partial charge on any atom is -0.303 e. The molecule has 0 saturated heterocycles. The highest BCUT2D eigenvalue weighted by atomic mass is 32.1. The van der Waals surface area contributed by atoms with Crippen molar-refractivity contribution in [3.8, 4) is 0 Å². The first-order valence-corrected chi connectivity index (χ1v) is 8.70. The Hall–Kier alpha value is 0.310. The lowest BCUT2D eigenvalue weighted by molar-refractivity contribution is 0.114. The summed E-state index contributed by atoms with van der Waals surface area (Å²) >= 11 is 4.71. The first kappa shape index (κ1) is 14.7. The number of thiol groups is 1. The number of nitrogens with zero attached hydrogens (tertiary/aromatic N) is 1. The van der Waals surface area contributed by atoms with Crippen molar-refractivity contribution in [3.63, 3.8) is 0 Å². The van der Waals surface area contributed by atoms with Crippen molar-refractivity contribution in [2.45, 2.75) is 76.7 Å². The Balaban J connectivity index is 1.90. The fourth-order valence-electron chi connectivity index (χ4n) is 4.02. The van der Waals surface area contributed by atoms with Crippen LogP contribution in [-0.2, 0) is 0 Å². The molecule has 0 amide bonds. The maximum atomic E-state index is 4.71. The van der Waals surface area contributed by atoms with Crippen LogP contribution in [0.2, 0.25) is 0 Å². The predicted octanol–water partition coefficient (Wildman–Crippen LogP) is 4.52. The average Bonchev–Trinajstić information content (AvgIpc) is 2.66. The van der Waals surface area contributed by atoms with Crippen LogP contribution >= 0.6 is 12.6 Å². The molecule has 2 aliphatic carbocycles. The second kappa shape index (κ2) is 7.19. The van der Waals surface area contributed by atoms with Crippen LogP contribution in [0.4, 0.5) is 0 Å². The van der Waals surface area contributed by atoms with E-state index in [1.54, 1.807) is 0 Å². The summed E-state index contributed by atoms with van der Waals surface area (Å²) in [5.74, 6) is 1.09. The molecule has 2 heteroatoms. The van der Waals surface area contributed by atoms with Crippen LogP contribution in [0.3, 0.4) is 0 Å². The third-order valence-electron chi connectivity index (χ3n) is 5.28. The monoisotopic (exact) mass is 269 g/mol. The molecule has 0 heterocycles. The first-order chi connectivity index (χ1) is 8.76. The minimum atomic E-state index is 0.520. The van der Waals surface area contributed by atoms with Crippen molar-refractivity contribution in [2.24, 2.45) is 5.41 Å². The summed E-state index contributed by atoms with van der Waals surface area (Å²) in [5, 5.41) is 0. The zero-order valence-electron chi connectivity index (χ0n) is 12.2. The molecule has 18 heavy (non-hydrogen) atoms. The Labute approximate surface area is 119 Å². The van der Waals surface area contributed by atoms with Crippen LogP contribution in [-0.4, -0.2) is 30.3 Å². The Kier molecular flexibility index (Phi) is 5.88. The molecule has 1 nitrogen and oxygen atoms in total. The van der Waals surface area contributed by atoms with Gasteiger partial charge in [-0.25, -0.2) is 0 Å². The molecule has 0 N–H and O–H groups in total. The molecule has 2 rings (SSSR count). The summed E-state index contributed by atoms with van der Waals surface area (Å²) in [6.45, 7) is 1.29. The summed E-state index contributed by atoms with van der Waals surface area (Å²) in [7, 11) is 2.37. The molecule has 0 aromatic heterocycles. The molecule has 2 fully saturated rings. The fraction of sp³-hybridized carbons (Fsp3) is 1.00. The van der Waals surface area contributed by atoms with Gasteiger partial charge in [-0.3, -0.25) is 0 Å². The van der Waals surface area contributed by atoms with E-state index in [1.807, 2.05) is 0 Å². The quantitative estimate of drug-likeness (QED) is 0.580. The van der Waals surface area contributed by atoms with E-state index in [9.17, 15) is 0 Å². The molecule has 0 aromatic carbocycles. The SMILES string of the molecule is CN(CC1(CS)CCCCCC1)C1CCCCC1. The number of rotatable bonds is 4. The van der Waals surface area contributed by atoms with E-state index < -0.39 is 0 Å². The van der Waals surface area contributed by atoms with Gasteiger partial charge in [-0.05, 0) is 43.9 Å². The van der Waals surface area contributed by atoms with E-state index in [2.05, 4.69) is 11.9 Å². The Morgan fingerprint density at radius 1 is 0.944 bits per heavy atom. The van der Waals surface area contributed by atoms with Gasteiger partial charge in [0.25, 0.3) is 0 Å². The smallest absolute Gasteiger partial charge is 0.00924 e. The zero-order chi connectivity index (χ0) is 12.8. The molecule has 0 aliphatic heterocycles. The maximum Gasteiger partial charge on any atom is 0.00924 e. The summed E-state index contributed by atoms with van der Waals surface area (Å²) in [5.41, 5.74) is 0.520. The van der Waals surface area contributed by atoms with Crippen LogP contribution in [0.25, 0.3) is 0 Å². The van der Waals surface area contributed by atoms with E-state index in [1.165, 1.54) is 77.2 Å². The van der Waals surface area contributed by atoms with Crippen LogP contribution < -0.4 is 0 Å². The molecule has 0 bridgehead atoms. The van der Waals surface area contributed by atoms with Crippen molar-refractivity contribution in [2.75, 3.05) is 19.3 Å². The highest BCUT2D eigenvalue weighted by Crippen LogP contribution is 2.37. The third kappa shape index (κ3) is 3.90. The van der Waals surface area contributed by atoms with Crippen LogP contribution in [0.15, 0.2) is 0 Å². The van der Waals surface area contributed by atoms with Gasteiger partial charge in [0.1, 0.15) is 0 Å². The van der Waals surface area contributed by atoms with Crippen molar-refractivity contribution < 1.29 is 0 Å². The third-order valence-corrected chi connectivity index (χ3v) is 5.95. The van der Waals surface area contributed by atoms with E-state index in [-0.39, 0.29) is 0 Å². The standard InChI is InChI=1S/C16H31NS/c1-17(15-9-5-4-6-10-15)13-16(14-18)11-7-2-3-8-12-16/h15,18H,2-14H2,1H3. The van der Waals surface area contributed by atoms with Gasteiger partial charge in [-0.2, -0.15) is 12.6 Å². The molecule has 2 aliphatic rings. The Morgan fingerprint density at radius 2 is 1.50 bits per heavy atom. The predicted molar refractivity (Wildman–Crippen MR) is 83.5 cm³/mol. The van der Waals surface area contributed by atoms with Crippen molar-refractivity contribution >= 4 is 12.6 Å². The van der Waals surface area contributed by atoms with Crippen LogP contribution in [0.1, 0.15) is 70.6 Å². The van der Waals surface area contributed by atoms with Gasteiger partial charge in [0, 0.05) is 12.6 Å². The molecular formula is C16H31NS. The lowest BCUT2D eigenvalue weighted by Gasteiger charge is -2.40. The molecular weight excluding hydrogens is 238 g/mol. The van der Waals surface area contributed by atoms with Gasteiger partial charge in [0.15, 0.2) is 0 Å². The van der Waals surface area contributed by atoms with Gasteiger partial charge in [0.05, 0.1) is 0 Å². The second-order valence-electron chi connectivity index (χ2n) is 6.78. The van der Waals surface area contributed by atoms with Crippen molar-refractivity contribution in [1.29, 1.82) is 0 Å². The Morgan fingerprint density at radius 3 is 2.06 bits per heavy atom. The normalized spacial score (nSPS) is 26.2. The van der Waals surface area contributed by atoms with E-state index in [0.29, 0.717) is 5.41 Å². The van der Waals surface area contributed by atoms with E-state index in [4.69, 9.17) is 12.6 Å². The zero-order valence-corrected chi connectivity index (χ0v) is 13.1. The molecule has 0 radical (unpaired) electrons. The van der Waals surface area contributed by atoms with Gasteiger partial charge in [-0.1, -0.05) is 44.9 Å². The second-order valence-corrected chi connectivity index (χ2v) is 7.10. The summed E-state index contributed by atoms with van der Waals surface area (Å²) in [4.78, 5) is 2.68. The lowest BCUT2D eigenvalue weighted by atomic mass is 9.81. The molecule has 0 unspecified atom stereocenters. The highest BCUT2D eigenvalue weighted by Gasteiger charge is 2.32. The van der Waals surface area contributed by atoms with Gasteiger partial charge >= 0.3 is 0 Å². The van der Waals surface area contributed by atoms with Gasteiger partial charge in [-0.15, -0.1) is 0 Å². The lowest BCUT2D eigenvalue weighted by Crippen LogP contribution is -2.43. The van der Waals surface area contributed by atoms with E-state index >= 15 is 0 Å². The van der Waals surface area contributed by atoms with E-state index in [0.717, 1.165) is 11.8 Å². The van der Waals surface area contributed by atoms with Crippen LogP contribution in [0, 0.1) is 5.41 Å². The fourth-order valence-corrected chi connectivity index (χ4v) is 4.44. The minimum absolute atomic E-state index is 0.520. The average molecular weight is 269 g/mol. The summed E-state index contributed by atoms with van der Waals surface area (Å²) in [6.07, 6.45) is 15.8. The molecule has 2 saturated carbocycles. The molecule has 106 valence electrons. The molecule has 0 aromatic rings. The number of hydrogen-bond acceptors (Lipinski definition) is 2. The maximum absolute atomic E-state index is 4.71. The van der Waals surface area contributed by atoms with Crippen molar-refractivity contribution in [3.05, 3.63) is 0 Å². The largest absolute Gasteiger partial charge is 0.303 e. The topological polar surface area (TPSA) is 3.24 Å². The number of hydrogen-bond donors (Lipinski definition) is 1. The van der Waals surface area contributed by atoms with Gasteiger partial charge in [0.2, 0.25) is 0 Å². The summed E-state index contributed by atoms with van der Waals surface area (Å²) in [6, 6.07) is 0.860. The Bertz CT molecular complexity index is 227. The molecule has 0 spiro atoms. The molecule has 0 atom stereocenters. The van der Waals surface area contributed by atoms with Crippen LogP contribution in [0.5, 0.6) is 0 Å². The van der Waals surface area contributed by atoms with Crippen molar-refractivity contribution in [1.82, 2.24) is 4.90 Å². The summed E-state index contributed by atoms with van der Waals surface area (Å²) < 4.78 is 0. The van der Waals surface area contributed by atoms with Gasteiger partial charge < -0.3 is 4.90 Å². The first-order valence-electron chi connectivity index (χ1n) is 8.07. The highest BCUT2D eigenvalue weighted by molar-refractivity contribution is 7.80.